The third-order valence-corrected chi connectivity index (χ3v) is 3.89. The molecule has 0 aromatic carbocycles. The number of imidazole rings is 1. The van der Waals surface area contributed by atoms with Crippen LogP contribution in [0.1, 0.15) is 31.4 Å². The number of H-pyrrole nitrogens is 1. The number of nitrogens with one attached hydrogen (secondary N) is 2. The summed E-state index contributed by atoms with van der Waals surface area (Å²) in [6.45, 7) is 4.47. The van der Waals surface area contributed by atoms with E-state index in [4.69, 9.17) is 11.6 Å². The van der Waals surface area contributed by atoms with Gasteiger partial charge in [0, 0.05) is 18.0 Å². The summed E-state index contributed by atoms with van der Waals surface area (Å²) in [6.07, 6.45) is 6.56. The fourth-order valence-electron chi connectivity index (χ4n) is 2.26. The quantitative estimate of drug-likeness (QED) is 0.650. The van der Waals surface area contributed by atoms with Gasteiger partial charge in [0.2, 0.25) is 5.91 Å². The third kappa shape index (κ3) is 3.60. The molecule has 5 heteroatoms. The fourth-order valence-corrected chi connectivity index (χ4v) is 2.55. The Morgan fingerprint density at radius 2 is 2.50 bits per heavy atom. The van der Waals surface area contributed by atoms with Crippen LogP contribution in [-0.4, -0.2) is 21.3 Å². The van der Waals surface area contributed by atoms with Crippen molar-refractivity contribution < 1.29 is 4.79 Å². The number of amides is 1. The van der Waals surface area contributed by atoms with Crippen molar-refractivity contribution >= 4 is 17.5 Å². The summed E-state index contributed by atoms with van der Waals surface area (Å²) in [5.74, 6) is 0.254. The third-order valence-electron chi connectivity index (χ3n) is 3.31. The number of halogens is 1. The minimum absolute atomic E-state index is 0.0370. The lowest BCUT2D eigenvalue weighted by Crippen LogP contribution is -2.30. The molecule has 0 saturated heterocycles. The summed E-state index contributed by atoms with van der Waals surface area (Å²) in [4.78, 5) is 18.7. The highest BCUT2D eigenvalue weighted by Gasteiger charge is 2.26. The first-order valence-electron chi connectivity index (χ1n) is 6.20. The summed E-state index contributed by atoms with van der Waals surface area (Å²) in [7, 11) is 0. The smallest absolute Gasteiger partial charge is 0.220 e. The van der Waals surface area contributed by atoms with Gasteiger partial charge in [-0.3, -0.25) is 4.79 Å². The molecule has 0 bridgehead atoms. The largest absolute Gasteiger partial charge is 0.350 e. The van der Waals surface area contributed by atoms with E-state index in [9.17, 15) is 4.79 Å². The molecule has 0 spiro atoms. The number of carbonyl (C=O) groups excluding carboxylic acids is 1. The molecule has 2 rings (SSSR count). The molecule has 1 heterocycles. The molecule has 0 radical (unpaired) electrons. The van der Waals surface area contributed by atoms with Gasteiger partial charge < -0.3 is 10.3 Å². The van der Waals surface area contributed by atoms with Gasteiger partial charge in [-0.05, 0) is 25.2 Å². The van der Waals surface area contributed by atoms with Crippen molar-refractivity contribution in [2.45, 2.75) is 37.6 Å². The summed E-state index contributed by atoms with van der Waals surface area (Å²) >= 11 is 6.25. The van der Waals surface area contributed by atoms with Crippen LogP contribution in [-0.2, 0) is 11.3 Å². The molecule has 18 heavy (non-hydrogen) atoms. The highest BCUT2D eigenvalue weighted by atomic mass is 35.5. The zero-order chi connectivity index (χ0) is 13.0. The number of allylic oxidation sites excluding steroid dienone is 1. The van der Waals surface area contributed by atoms with Gasteiger partial charge in [-0.2, -0.15) is 0 Å². The summed E-state index contributed by atoms with van der Waals surface area (Å²) in [5, 5.41) is 2.96. The fraction of sp³-hybridized carbons (Fsp3) is 0.538. The maximum atomic E-state index is 11.8. The molecule has 1 aromatic rings. The molecular weight excluding hydrogens is 250 g/mol. The molecule has 2 unspecified atom stereocenters. The number of aromatic amines is 1. The van der Waals surface area contributed by atoms with Gasteiger partial charge in [0.15, 0.2) is 0 Å². The maximum Gasteiger partial charge on any atom is 0.220 e. The van der Waals surface area contributed by atoms with Gasteiger partial charge in [0.25, 0.3) is 0 Å². The Labute approximate surface area is 112 Å². The second kappa shape index (κ2) is 6.05. The zero-order valence-corrected chi connectivity index (χ0v) is 11.0. The highest BCUT2D eigenvalue weighted by Crippen LogP contribution is 2.33. The van der Waals surface area contributed by atoms with Crippen molar-refractivity contribution in [2.24, 2.45) is 5.92 Å². The van der Waals surface area contributed by atoms with Crippen LogP contribution in [0.5, 0.6) is 0 Å². The standard InChI is InChI=1S/C13H18ClN3O/c1-9-2-3-12(14)10(4-9)5-13(18)16-7-11-6-15-8-17-11/h6,8,10,12H,1-5,7H2,(H,15,17)(H,16,18). The minimum Gasteiger partial charge on any atom is -0.350 e. The van der Waals surface area contributed by atoms with E-state index in [0.29, 0.717) is 13.0 Å². The second-order valence-corrected chi connectivity index (χ2v) is 5.39. The zero-order valence-electron chi connectivity index (χ0n) is 10.3. The van der Waals surface area contributed by atoms with Crippen LogP contribution in [0.2, 0.25) is 0 Å². The Kier molecular flexibility index (Phi) is 4.42. The normalized spacial score (nSPS) is 23.9. The van der Waals surface area contributed by atoms with Crippen molar-refractivity contribution in [3.05, 3.63) is 30.4 Å². The number of rotatable bonds is 4. The van der Waals surface area contributed by atoms with Crippen molar-refractivity contribution in [1.29, 1.82) is 0 Å². The molecule has 1 saturated carbocycles. The Hall–Kier alpha value is -1.29. The van der Waals surface area contributed by atoms with Crippen LogP contribution in [0.3, 0.4) is 0 Å². The summed E-state index contributed by atoms with van der Waals surface area (Å²) in [5.41, 5.74) is 2.11. The van der Waals surface area contributed by atoms with E-state index in [2.05, 4.69) is 21.9 Å². The van der Waals surface area contributed by atoms with E-state index in [1.807, 2.05) is 0 Å². The molecule has 0 aliphatic heterocycles. The minimum atomic E-state index is 0.0370. The van der Waals surface area contributed by atoms with Gasteiger partial charge in [-0.1, -0.05) is 12.2 Å². The molecule has 1 aliphatic carbocycles. The second-order valence-electron chi connectivity index (χ2n) is 4.83. The van der Waals surface area contributed by atoms with Crippen LogP contribution in [0.25, 0.3) is 0 Å². The van der Waals surface area contributed by atoms with E-state index in [1.54, 1.807) is 12.5 Å². The first-order chi connectivity index (χ1) is 8.65. The molecule has 1 fully saturated rings. The van der Waals surface area contributed by atoms with Gasteiger partial charge in [-0.15, -0.1) is 11.6 Å². The number of carbonyl (C=O) groups is 1. The topological polar surface area (TPSA) is 57.8 Å². The number of nitrogens with zero attached hydrogens (tertiary/aromatic N) is 1. The molecule has 1 amide bonds. The Morgan fingerprint density at radius 1 is 1.67 bits per heavy atom. The van der Waals surface area contributed by atoms with Crippen LogP contribution in [0, 0.1) is 5.92 Å². The van der Waals surface area contributed by atoms with Gasteiger partial charge in [-0.25, -0.2) is 4.98 Å². The summed E-state index contributed by atoms with van der Waals surface area (Å²) < 4.78 is 0. The first kappa shape index (κ1) is 13.1. The van der Waals surface area contributed by atoms with Crippen LogP contribution in [0.4, 0.5) is 0 Å². The highest BCUT2D eigenvalue weighted by molar-refractivity contribution is 6.21. The Morgan fingerprint density at radius 3 is 3.22 bits per heavy atom. The van der Waals surface area contributed by atoms with Crippen molar-refractivity contribution in [1.82, 2.24) is 15.3 Å². The first-order valence-corrected chi connectivity index (χ1v) is 6.63. The predicted molar refractivity (Wildman–Crippen MR) is 71.2 cm³/mol. The van der Waals surface area contributed by atoms with E-state index in [1.165, 1.54) is 5.57 Å². The lowest BCUT2D eigenvalue weighted by atomic mass is 9.83. The van der Waals surface area contributed by atoms with E-state index in [-0.39, 0.29) is 17.2 Å². The van der Waals surface area contributed by atoms with Crippen molar-refractivity contribution in [2.75, 3.05) is 0 Å². The molecule has 2 atom stereocenters. The van der Waals surface area contributed by atoms with Gasteiger partial charge >= 0.3 is 0 Å². The monoisotopic (exact) mass is 267 g/mol. The van der Waals surface area contributed by atoms with Crippen LogP contribution >= 0.6 is 11.6 Å². The lowest BCUT2D eigenvalue weighted by molar-refractivity contribution is -0.122. The molecule has 1 aromatic heterocycles. The van der Waals surface area contributed by atoms with Crippen LogP contribution in [0.15, 0.2) is 24.7 Å². The average molecular weight is 268 g/mol. The van der Waals surface area contributed by atoms with E-state index in [0.717, 1.165) is 25.0 Å². The van der Waals surface area contributed by atoms with Crippen molar-refractivity contribution in [3.63, 3.8) is 0 Å². The lowest BCUT2D eigenvalue weighted by Gasteiger charge is -2.28. The average Bonchev–Trinajstić information content (AvgIpc) is 2.84. The molecular formula is C13H18ClN3O. The van der Waals surface area contributed by atoms with Crippen LogP contribution < -0.4 is 5.32 Å². The summed E-state index contributed by atoms with van der Waals surface area (Å²) in [6, 6.07) is 0. The Balaban J connectivity index is 1.77. The molecule has 2 N–H and O–H groups in total. The molecule has 98 valence electrons. The van der Waals surface area contributed by atoms with E-state index >= 15 is 0 Å². The maximum absolute atomic E-state index is 11.8. The number of aromatic nitrogens is 2. The number of hydrogen-bond donors (Lipinski definition) is 2. The Bertz CT molecular complexity index is 416. The molecule has 4 nitrogen and oxygen atoms in total. The van der Waals surface area contributed by atoms with Gasteiger partial charge in [0.1, 0.15) is 0 Å². The van der Waals surface area contributed by atoms with E-state index < -0.39 is 0 Å². The predicted octanol–water partition coefficient (Wildman–Crippen LogP) is 2.38. The number of alkyl halides is 1. The van der Waals surface area contributed by atoms with Crippen molar-refractivity contribution in [3.8, 4) is 0 Å². The van der Waals surface area contributed by atoms with Gasteiger partial charge in [0.05, 0.1) is 18.6 Å². The SMILES string of the molecule is C=C1CCC(Cl)C(CC(=O)NCc2cnc[nH]2)C1. The number of hydrogen-bond acceptors (Lipinski definition) is 2. The molecule has 1 aliphatic rings.